The predicted molar refractivity (Wildman–Crippen MR) is 124 cm³/mol. The van der Waals surface area contributed by atoms with Crippen LogP contribution in [0.4, 0.5) is 5.69 Å². The highest BCUT2D eigenvalue weighted by molar-refractivity contribution is 7.89. The van der Waals surface area contributed by atoms with Crippen LogP contribution in [-0.4, -0.2) is 33.5 Å². The van der Waals surface area contributed by atoms with E-state index in [0.717, 1.165) is 30.8 Å². The molecule has 0 radical (unpaired) electrons. The van der Waals surface area contributed by atoms with Crippen LogP contribution in [0.1, 0.15) is 28.1 Å². The summed E-state index contributed by atoms with van der Waals surface area (Å²) in [5.74, 6) is -0.242. The number of carbonyl (C=O) groups excluding carboxylic acids is 1. The van der Waals surface area contributed by atoms with Gasteiger partial charge in [-0.3, -0.25) is 4.79 Å². The Labute approximate surface area is 187 Å². The number of rotatable bonds is 7. The molecule has 0 bridgehead atoms. The van der Waals surface area contributed by atoms with E-state index in [-0.39, 0.29) is 23.4 Å². The molecule has 2 N–H and O–H groups in total. The second kappa shape index (κ2) is 9.64. The largest absolute Gasteiger partial charge is 0.371 e. The zero-order valence-electron chi connectivity index (χ0n) is 17.0. The number of piperidine rings is 1. The van der Waals surface area contributed by atoms with E-state index in [1.54, 1.807) is 12.1 Å². The number of thiophene rings is 1. The van der Waals surface area contributed by atoms with Crippen molar-refractivity contribution < 1.29 is 13.2 Å². The van der Waals surface area contributed by atoms with Crippen LogP contribution in [0.15, 0.2) is 77.0 Å². The number of hydrogen-bond acceptors (Lipinski definition) is 5. The highest BCUT2D eigenvalue weighted by Crippen LogP contribution is 2.20. The smallest absolute Gasteiger partial charge is 0.251 e. The van der Waals surface area contributed by atoms with Crippen molar-refractivity contribution in [3.05, 3.63) is 82.6 Å². The molecule has 0 atom stereocenters. The Bertz CT molecular complexity index is 1110. The van der Waals surface area contributed by atoms with Gasteiger partial charge in [0, 0.05) is 41.8 Å². The second-order valence-electron chi connectivity index (χ2n) is 7.50. The summed E-state index contributed by atoms with van der Waals surface area (Å²) >= 11 is 1.49. The van der Waals surface area contributed by atoms with Crippen molar-refractivity contribution in [3.63, 3.8) is 0 Å². The molecule has 162 valence electrons. The van der Waals surface area contributed by atoms with Crippen LogP contribution in [0, 0.1) is 0 Å². The number of benzene rings is 2. The zero-order valence-corrected chi connectivity index (χ0v) is 18.7. The molecule has 2 heterocycles. The topological polar surface area (TPSA) is 78.5 Å². The van der Waals surface area contributed by atoms with Crippen LogP contribution in [0.3, 0.4) is 0 Å². The van der Waals surface area contributed by atoms with Gasteiger partial charge in [0.2, 0.25) is 10.0 Å². The molecule has 4 rings (SSSR count). The summed E-state index contributed by atoms with van der Waals surface area (Å²) in [5.41, 5.74) is 1.55. The third-order valence-corrected chi connectivity index (χ3v) is 7.65. The summed E-state index contributed by atoms with van der Waals surface area (Å²) in [4.78, 5) is 16.1. The number of nitrogens with zero attached hydrogens (tertiary/aromatic N) is 1. The Balaban J connectivity index is 1.35. The Morgan fingerprint density at radius 2 is 1.77 bits per heavy atom. The average molecular weight is 456 g/mol. The van der Waals surface area contributed by atoms with Crippen LogP contribution in [0.5, 0.6) is 0 Å². The molecule has 1 aliphatic rings. The van der Waals surface area contributed by atoms with E-state index in [0.29, 0.717) is 5.56 Å². The number of carbonyl (C=O) groups is 1. The Morgan fingerprint density at radius 1 is 1.00 bits per heavy atom. The molecule has 8 heteroatoms. The Kier molecular flexibility index (Phi) is 6.70. The van der Waals surface area contributed by atoms with Crippen molar-refractivity contribution in [1.82, 2.24) is 10.0 Å². The molecule has 1 aromatic heterocycles. The summed E-state index contributed by atoms with van der Waals surface area (Å²) in [6.07, 6.45) is 1.70. The lowest BCUT2D eigenvalue weighted by Crippen LogP contribution is -2.44. The summed E-state index contributed by atoms with van der Waals surface area (Å²) in [5, 5.41) is 4.96. The summed E-state index contributed by atoms with van der Waals surface area (Å²) in [6.45, 7) is 1.97. The second-order valence-corrected chi connectivity index (χ2v) is 10.3. The molecule has 1 saturated heterocycles. The highest BCUT2D eigenvalue weighted by Gasteiger charge is 2.22. The van der Waals surface area contributed by atoms with Gasteiger partial charge >= 0.3 is 0 Å². The van der Waals surface area contributed by atoms with Crippen LogP contribution in [-0.2, 0) is 16.6 Å². The van der Waals surface area contributed by atoms with Gasteiger partial charge < -0.3 is 10.2 Å². The van der Waals surface area contributed by atoms with Crippen molar-refractivity contribution >= 4 is 33.0 Å². The van der Waals surface area contributed by atoms with E-state index in [4.69, 9.17) is 0 Å². The highest BCUT2D eigenvalue weighted by atomic mass is 32.2. The van der Waals surface area contributed by atoms with E-state index in [1.165, 1.54) is 29.2 Å². The van der Waals surface area contributed by atoms with Gasteiger partial charge in [0.1, 0.15) is 0 Å². The molecule has 0 aliphatic carbocycles. The van der Waals surface area contributed by atoms with Gasteiger partial charge in [0.25, 0.3) is 5.91 Å². The Hall–Kier alpha value is -2.68. The summed E-state index contributed by atoms with van der Waals surface area (Å²) < 4.78 is 27.8. The maximum absolute atomic E-state index is 12.7. The molecule has 0 unspecified atom stereocenters. The maximum Gasteiger partial charge on any atom is 0.251 e. The first kappa shape index (κ1) is 21.5. The fourth-order valence-electron chi connectivity index (χ4n) is 3.66. The van der Waals surface area contributed by atoms with Crippen LogP contribution >= 0.6 is 11.3 Å². The number of anilines is 1. The minimum atomic E-state index is -3.69. The van der Waals surface area contributed by atoms with Gasteiger partial charge in [-0.05, 0) is 54.6 Å². The minimum absolute atomic E-state index is 0.0738. The van der Waals surface area contributed by atoms with Gasteiger partial charge in [0.15, 0.2) is 0 Å². The number of hydrogen-bond donors (Lipinski definition) is 2. The lowest BCUT2D eigenvalue weighted by molar-refractivity contribution is 0.0931. The number of sulfonamides is 1. The fraction of sp³-hybridized carbons (Fsp3) is 0.261. The van der Waals surface area contributed by atoms with Crippen molar-refractivity contribution in [3.8, 4) is 0 Å². The molecule has 1 fully saturated rings. The van der Waals surface area contributed by atoms with E-state index in [9.17, 15) is 13.2 Å². The molecule has 6 nitrogen and oxygen atoms in total. The first-order chi connectivity index (χ1) is 15.0. The van der Waals surface area contributed by atoms with E-state index < -0.39 is 10.0 Å². The van der Waals surface area contributed by atoms with Crippen molar-refractivity contribution in [1.29, 1.82) is 0 Å². The molecule has 0 spiro atoms. The van der Waals surface area contributed by atoms with Crippen LogP contribution in [0.2, 0.25) is 0 Å². The molecule has 0 saturated carbocycles. The molecule has 1 amide bonds. The van der Waals surface area contributed by atoms with Gasteiger partial charge in [0.05, 0.1) is 4.90 Å². The van der Waals surface area contributed by atoms with E-state index >= 15 is 0 Å². The third-order valence-electron chi connectivity index (χ3n) is 5.37. The van der Waals surface area contributed by atoms with Gasteiger partial charge in [-0.25, -0.2) is 13.1 Å². The SMILES string of the molecule is O=C(NC1CCN(c2ccccc2)CC1)c1cccc(S(=O)(=O)NCc2cccs2)c1. The predicted octanol–water partition coefficient (Wildman–Crippen LogP) is 3.63. The number of para-hydroxylation sites is 1. The molecule has 2 aromatic carbocycles. The molecular weight excluding hydrogens is 430 g/mol. The average Bonchev–Trinajstić information content (AvgIpc) is 3.33. The van der Waals surface area contributed by atoms with Crippen LogP contribution < -0.4 is 14.9 Å². The lowest BCUT2D eigenvalue weighted by Gasteiger charge is -2.34. The van der Waals surface area contributed by atoms with Crippen molar-refractivity contribution in [2.45, 2.75) is 30.3 Å². The molecule has 3 aromatic rings. The van der Waals surface area contributed by atoms with Gasteiger partial charge in [-0.2, -0.15) is 0 Å². The molecule has 1 aliphatic heterocycles. The van der Waals surface area contributed by atoms with Gasteiger partial charge in [-0.15, -0.1) is 11.3 Å². The molecule has 31 heavy (non-hydrogen) atoms. The molecular formula is C23H25N3O3S2. The van der Waals surface area contributed by atoms with E-state index in [2.05, 4.69) is 27.1 Å². The zero-order chi connectivity index (χ0) is 21.7. The first-order valence-electron chi connectivity index (χ1n) is 10.2. The number of amides is 1. The maximum atomic E-state index is 12.7. The summed E-state index contributed by atoms with van der Waals surface area (Å²) in [7, 11) is -3.69. The lowest BCUT2D eigenvalue weighted by atomic mass is 10.0. The normalized spacial score (nSPS) is 15.0. The minimum Gasteiger partial charge on any atom is -0.371 e. The standard InChI is InChI=1S/C23H25N3O3S2/c27-23(25-19-11-13-26(14-12-19)20-7-2-1-3-8-20)18-6-4-10-22(16-18)31(28,29)24-17-21-9-5-15-30-21/h1-10,15-16,19,24H,11-14,17H2,(H,25,27). The van der Waals surface area contributed by atoms with Crippen molar-refractivity contribution in [2.75, 3.05) is 18.0 Å². The van der Waals surface area contributed by atoms with Crippen LogP contribution in [0.25, 0.3) is 0 Å². The van der Waals surface area contributed by atoms with E-state index in [1.807, 2.05) is 35.7 Å². The third kappa shape index (κ3) is 5.52. The number of nitrogens with one attached hydrogen (secondary N) is 2. The first-order valence-corrected chi connectivity index (χ1v) is 12.6. The van der Waals surface area contributed by atoms with Gasteiger partial charge in [-0.1, -0.05) is 30.3 Å². The summed E-state index contributed by atoms with van der Waals surface area (Å²) in [6, 6.07) is 20.3. The van der Waals surface area contributed by atoms with Crippen molar-refractivity contribution in [2.24, 2.45) is 0 Å². The quantitative estimate of drug-likeness (QED) is 0.570. The Morgan fingerprint density at radius 3 is 2.48 bits per heavy atom. The fourth-order valence-corrected chi connectivity index (χ4v) is 5.44. The monoisotopic (exact) mass is 455 g/mol.